The third kappa shape index (κ3) is 3.78. The average molecular weight is 577 g/mol. The molecule has 0 saturated heterocycles. The van der Waals surface area contributed by atoms with Gasteiger partial charge in [-0.05, 0) is 57.6 Å². The minimum atomic E-state index is -3.34. The van der Waals surface area contributed by atoms with Gasteiger partial charge in [0, 0.05) is 32.7 Å². The van der Waals surface area contributed by atoms with Gasteiger partial charge in [0.25, 0.3) is 0 Å². The Bertz CT molecular complexity index is 2360. The third-order valence-electron chi connectivity index (χ3n) is 8.69. The van der Waals surface area contributed by atoms with Crippen molar-refractivity contribution < 1.29 is 17.3 Å². The van der Waals surface area contributed by atoms with E-state index in [9.17, 15) is 8.42 Å². The standard InChI is InChI=1S/C38H24O4S/c39-43(40)21-25-17-15-23(27-9-5-11-31-29-7-1-3-13-35(29)41-37(27)31)19-33(25)34-20-24(16-18-26(34)22-43)28-10-6-12-32-30-8-2-4-14-36(30)42-38(28)32/h1-20H,21-22H2. The summed E-state index contributed by atoms with van der Waals surface area (Å²) in [5.41, 5.74) is 10.8. The van der Waals surface area contributed by atoms with Crippen LogP contribution in [0.3, 0.4) is 0 Å². The molecule has 0 fully saturated rings. The van der Waals surface area contributed by atoms with E-state index in [0.717, 1.165) is 88.4 Å². The van der Waals surface area contributed by atoms with E-state index < -0.39 is 9.84 Å². The Morgan fingerprint density at radius 1 is 0.442 bits per heavy atom. The molecule has 0 radical (unpaired) electrons. The maximum absolute atomic E-state index is 13.2. The van der Waals surface area contributed by atoms with Crippen LogP contribution in [0.15, 0.2) is 130 Å². The van der Waals surface area contributed by atoms with Gasteiger partial charge in [-0.2, -0.15) is 0 Å². The van der Waals surface area contributed by atoms with Gasteiger partial charge in [-0.1, -0.05) is 97.1 Å². The SMILES string of the molecule is O=S1(=O)Cc2ccc(-c3cccc4c3oc3ccccc34)cc2-c2cc(-c3cccc4c3oc3ccccc34)ccc2C1. The number of hydrogen-bond donors (Lipinski definition) is 0. The van der Waals surface area contributed by atoms with E-state index >= 15 is 0 Å². The Morgan fingerprint density at radius 3 is 1.37 bits per heavy atom. The predicted octanol–water partition coefficient (Wildman–Crippen LogP) is 9.91. The fourth-order valence-corrected chi connectivity index (χ4v) is 8.27. The van der Waals surface area contributed by atoms with Crippen molar-refractivity contribution in [3.8, 4) is 33.4 Å². The highest BCUT2D eigenvalue weighted by atomic mass is 32.2. The molecule has 4 nitrogen and oxygen atoms in total. The van der Waals surface area contributed by atoms with Gasteiger partial charge >= 0.3 is 0 Å². The lowest BCUT2D eigenvalue weighted by Crippen LogP contribution is -2.05. The molecule has 2 aromatic heterocycles. The van der Waals surface area contributed by atoms with E-state index in [2.05, 4.69) is 60.7 Å². The van der Waals surface area contributed by atoms with Crippen LogP contribution in [-0.4, -0.2) is 8.42 Å². The summed E-state index contributed by atoms with van der Waals surface area (Å²) in [5.74, 6) is 0.00123. The molecule has 0 amide bonds. The normalized spacial score (nSPS) is 14.2. The number of furan rings is 2. The molecule has 0 N–H and O–H groups in total. The van der Waals surface area contributed by atoms with Crippen molar-refractivity contribution in [1.29, 1.82) is 0 Å². The molecule has 0 atom stereocenters. The van der Waals surface area contributed by atoms with Crippen molar-refractivity contribution in [2.45, 2.75) is 11.5 Å². The van der Waals surface area contributed by atoms with Gasteiger partial charge in [-0.25, -0.2) is 8.42 Å². The summed E-state index contributed by atoms with van der Waals surface area (Å²) >= 11 is 0. The minimum Gasteiger partial charge on any atom is -0.455 e. The second-order valence-corrected chi connectivity index (χ2v) is 13.4. The Kier molecular flexibility index (Phi) is 5.08. The number of benzene rings is 6. The Hall–Kier alpha value is -5.13. The second-order valence-electron chi connectivity index (χ2n) is 11.3. The monoisotopic (exact) mass is 576 g/mol. The first-order chi connectivity index (χ1) is 21.0. The van der Waals surface area contributed by atoms with Crippen LogP contribution in [0.25, 0.3) is 77.3 Å². The fourth-order valence-electron chi connectivity index (χ4n) is 6.72. The number of para-hydroxylation sites is 4. The van der Waals surface area contributed by atoms with Crippen molar-refractivity contribution >= 4 is 53.7 Å². The van der Waals surface area contributed by atoms with Crippen LogP contribution in [-0.2, 0) is 21.3 Å². The number of sulfone groups is 1. The van der Waals surface area contributed by atoms with Crippen LogP contribution in [0.5, 0.6) is 0 Å². The molecule has 0 bridgehead atoms. The molecule has 43 heavy (non-hydrogen) atoms. The van der Waals surface area contributed by atoms with Gasteiger partial charge in [0.2, 0.25) is 0 Å². The highest BCUT2D eigenvalue weighted by Crippen LogP contribution is 2.43. The lowest BCUT2D eigenvalue weighted by molar-refractivity contribution is 0.595. The number of fused-ring (bicyclic) bond motifs is 9. The van der Waals surface area contributed by atoms with Gasteiger partial charge < -0.3 is 8.83 Å². The van der Waals surface area contributed by atoms with Crippen molar-refractivity contribution in [3.63, 3.8) is 0 Å². The zero-order valence-corrected chi connectivity index (χ0v) is 23.8. The summed E-state index contributed by atoms with van der Waals surface area (Å²) in [5, 5.41) is 4.28. The summed E-state index contributed by atoms with van der Waals surface area (Å²) in [6.45, 7) is 0. The van der Waals surface area contributed by atoms with Crippen LogP contribution in [0.2, 0.25) is 0 Å². The topological polar surface area (TPSA) is 60.4 Å². The van der Waals surface area contributed by atoms with E-state index in [1.165, 1.54) is 0 Å². The second kappa shape index (κ2) is 8.93. The fraction of sp³-hybridized carbons (Fsp3) is 0.0526. The van der Waals surface area contributed by atoms with Crippen LogP contribution in [0.1, 0.15) is 11.1 Å². The summed E-state index contributed by atoms with van der Waals surface area (Å²) in [7, 11) is -3.34. The smallest absolute Gasteiger partial charge is 0.158 e. The van der Waals surface area contributed by atoms with Crippen LogP contribution in [0.4, 0.5) is 0 Å². The van der Waals surface area contributed by atoms with E-state index in [-0.39, 0.29) is 11.5 Å². The summed E-state index contributed by atoms with van der Waals surface area (Å²) < 4.78 is 39.1. The van der Waals surface area contributed by atoms with E-state index in [1.54, 1.807) is 0 Å². The molecular weight excluding hydrogens is 552 g/mol. The number of rotatable bonds is 2. The quantitative estimate of drug-likeness (QED) is 0.205. The zero-order chi connectivity index (χ0) is 28.7. The highest BCUT2D eigenvalue weighted by molar-refractivity contribution is 7.89. The first-order valence-corrected chi connectivity index (χ1v) is 16.1. The number of hydrogen-bond acceptors (Lipinski definition) is 4. The molecule has 1 aliphatic heterocycles. The van der Waals surface area contributed by atoms with Gasteiger partial charge in [-0.15, -0.1) is 0 Å². The van der Waals surface area contributed by atoms with E-state index in [0.29, 0.717) is 0 Å². The molecule has 3 heterocycles. The molecule has 6 aromatic carbocycles. The molecule has 1 aliphatic rings. The molecule has 0 spiro atoms. The maximum atomic E-state index is 13.2. The first kappa shape index (κ1) is 24.5. The van der Waals surface area contributed by atoms with Crippen molar-refractivity contribution in [2.24, 2.45) is 0 Å². The van der Waals surface area contributed by atoms with E-state index in [1.807, 2.05) is 60.7 Å². The first-order valence-electron chi connectivity index (χ1n) is 14.3. The third-order valence-corrected chi connectivity index (χ3v) is 10.2. The Morgan fingerprint density at radius 2 is 0.884 bits per heavy atom. The van der Waals surface area contributed by atoms with Gasteiger partial charge in [0.05, 0.1) is 11.5 Å². The van der Waals surface area contributed by atoms with Crippen LogP contribution in [0, 0.1) is 0 Å². The summed E-state index contributed by atoms with van der Waals surface area (Å²) in [6, 6.07) is 40.7. The molecule has 0 aliphatic carbocycles. The van der Waals surface area contributed by atoms with Crippen molar-refractivity contribution in [2.75, 3.05) is 0 Å². The van der Waals surface area contributed by atoms with Crippen molar-refractivity contribution in [1.82, 2.24) is 0 Å². The summed E-state index contributed by atoms with van der Waals surface area (Å²) in [4.78, 5) is 0. The highest BCUT2D eigenvalue weighted by Gasteiger charge is 2.25. The molecule has 206 valence electrons. The Labute approximate surface area is 247 Å². The van der Waals surface area contributed by atoms with Gasteiger partial charge in [0.15, 0.2) is 9.84 Å². The Balaban J connectivity index is 1.27. The lowest BCUT2D eigenvalue weighted by atomic mass is 9.90. The van der Waals surface area contributed by atoms with Gasteiger partial charge in [-0.3, -0.25) is 0 Å². The van der Waals surface area contributed by atoms with E-state index in [4.69, 9.17) is 8.83 Å². The summed E-state index contributed by atoms with van der Waals surface area (Å²) in [6.07, 6.45) is 0. The van der Waals surface area contributed by atoms with Crippen LogP contribution >= 0.6 is 0 Å². The largest absolute Gasteiger partial charge is 0.455 e. The lowest BCUT2D eigenvalue weighted by Gasteiger charge is -2.14. The maximum Gasteiger partial charge on any atom is 0.158 e. The minimum absolute atomic E-state index is 0.000616. The van der Waals surface area contributed by atoms with Crippen molar-refractivity contribution in [3.05, 3.63) is 132 Å². The predicted molar refractivity (Wildman–Crippen MR) is 174 cm³/mol. The molecule has 5 heteroatoms. The zero-order valence-electron chi connectivity index (χ0n) is 23.0. The molecule has 9 rings (SSSR count). The average Bonchev–Trinajstić information content (AvgIpc) is 3.57. The molecule has 8 aromatic rings. The molecule has 0 unspecified atom stereocenters. The molecular formula is C38H24O4S. The van der Waals surface area contributed by atoms with Gasteiger partial charge in [0.1, 0.15) is 22.3 Å². The van der Waals surface area contributed by atoms with Crippen LogP contribution < -0.4 is 0 Å². The molecule has 0 saturated carbocycles.